The number of nitriles is 1. The summed E-state index contributed by atoms with van der Waals surface area (Å²) in [5.74, 6) is 2.59. The molecule has 55 heavy (non-hydrogen) atoms. The van der Waals surface area contributed by atoms with Gasteiger partial charge in [-0.2, -0.15) is 5.26 Å². The van der Waals surface area contributed by atoms with Crippen molar-refractivity contribution >= 4 is 23.2 Å². The standard InChI is InChI=1S/C45H57N5O4S/c1-9-38(34-12-10-11-30(2)21-34)37(22-31(3)13-14-41(51)36(26-46)25-44-47-15-20-55-44)27-49-16-18-50(19-17-49)29-40-42(53-7)23-35(24-43(40)54-8)39-28-48(6)45(52)33(5)32(39)4/h10-12,15,20-21,23-25,28,31,37-38H,9,13-14,16-19,22,27,29H2,1-8H3/b36-25+/t31?,37?,38-/m0/s1. The van der Waals surface area contributed by atoms with Gasteiger partial charge in [0.2, 0.25) is 0 Å². The number of benzene rings is 2. The Bertz CT molecular complexity index is 2030. The fourth-order valence-corrected chi connectivity index (χ4v) is 8.68. The molecule has 2 aromatic carbocycles. The van der Waals surface area contributed by atoms with Gasteiger partial charge in [-0.15, -0.1) is 11.3 Å². The largest absolute Gasteiger partial charge is 0.496 e. The van der Waals surface area contributed by atoms with Crippen LogP contribution in [-0.2, 0) is 18.4 Å². The molecule has 10 heteroatoms. The van der Waals surface area contributed by atoms with Crippen molar-refractivity contribution in [1.82, 2.24) is 19.4 Å². The van der Waals surface area contributed by atoms with Crippen LogP contribution in [0.5, 0.6) is 11.5 Å². The second kappa shape index (κ2) is 19.3. The van der Waals surface area contributed by atoms with Crippen LogP contribution in [0, 0.1) is 43.9 Å². The molecule has 1 aliphatic rings. The molecule has 1 saturated heterocycles. The molecule has 0 bridgehead atoms. The minimum Gasteiger partial charge on any atom is -0.496 e. The van der Waals surface area contributed by atoms with Crippen LogP contribution in [0.2, 0.25) is 0 Å². The predicted octanol–water partition coefficient (Wildman–Crippen LogP) is 8.36. The van der Waals surface area contributed by atoms with Gasteiger partial charge >= 0.3 is 0 Å². The minimum atomic E-state index is -0.108. The van der Waals surface area contributed by atoms with E-state index in [1.807, 2.05) is 25.4 Å². The van der Waals surface area contributed by atoms with Gasteiger partial charge in [0, 0.05) is 81.6 Å². The van der Waals surface area contributed by atoms with Crippen LogP contribution in [0.4, 0.5) is 0 Å². The number of allylic oxidation sites excluding steroid dienone is 1. The van der Waals surface area contributed by atoms with E-state index in [2.05, 4.69) is 78.0 Å². The van der Waals surface area contributed by atoms with Crippen LogP contribution in [0.15, 0.2) is 64.5 Å². The third kappa shape index (κ3) is 10.4. The molecular formula is C45H57N5O4S. The molecule has 0 spiro atoms. The number of pyridine rings is 1. The molecule has 0 radical (unpaired) electrons. The van der Waals surface area contributed by atoms with Gasteiger partial charge in [0.25, 0.3) is 5.56 Å². The van der Waals surface area contributed by atoms with E-state index in [0.717, 1.165) is 91.3 Å². The van der Waals surface area contributed by atoms with Crippen LogP contribution in [0.3, 0.4) is 0 Å². The maximum Gasteiger partial charge on any atom is 0.253 e. The van der Waals surface area contributed by atoms with Crippen molar-refractivity contribution in [2.75, 3.05) is 46.9 Å². The average molecular weight is 764 g/mol. The van der Waals surface area contributed by atoms with Gasteiger partial charge in [-0.3, -0.25) is 14.5 Å². The van der Waals surface area contributed by atoms with Crippen LogP contribution < -0.4 is 15.0 Å². The number of aromatic nitrogens is 2. The van der Waals surface area contributed by atoms with E-state index in [0.29, 0.717) is 35.7 Å². The summed E-state index contributed by atoms with van der Waals surface area (Å²) in [6.07, 6.45) is 8.34. The maximum absolute atomic E-state index is 13.1. The first-order valence-electron chi connectivity index (χ1n) is 19.4. The molecule has 4 aromatic rings. The molecule has 5 rings (SSSR count). The zero-order valence-corrected chi connectivity index (χ0v) is 34.7. The number of ketones is 1. The number of hydrogen-bond acceptors (Lipinski definition) is 9. The minimum absolute atomic E-state index is 0.00976. The molecule has 0 saturated carbocycles. The number of rotatable bonds is 17. The Hall–Kier alpha value is -4.56. The third-order valence-electron chi connectivity index (χ3n) is 11.4. The van der Waals surface area contributed by atoms with Crippen molar-refractivity contribution in [1.29, 1.82) is 5.26 Å². The van der Waals surface area contributed by atoms with E-state index < -0.39 is 0 Å². The first-order valence-corrected chi connectivity index (χ1v) is 20.3. The molecule has 292 valence electrons. The Labute approximate surface area is 331 Å². The average Bonchev–Trinajstić information content (AvgIpc) is 3.71. The Morgan fingerprint density at radius 3 is 2.33 bits per heavy atom. The lowest BCUT2D eigenvalue weighted by Crippen LogP contribution is -2.48. The summed E-state index contributed by atoms with van der Waals surface area (Å²) in [6, 6.07) is 15.2. The molecule has 2 aromatic heterocycles. The summed E-state index contributed by atoms with van der Waals surface area (Å²) in [5.41, 5.74) is 7.51. The SMILES string of the molecule is CC[C@@H](c1cccc(C)c1)C(CC(C)CCC(=O)/C(C#N)=C/c1nccs1)CN1CCN(Cc2c(OC)cc(-c3cn(C)c(=O)c(C)c3C)cc2OC)CC1. The summed E-state index contributed by atoms with van der Waals surface area (Å²) < 4.78 is 13.6. The van der Waals surface area contributed by atoms with E-state index in [-0.39, 0.29) is 16.9 Å². The lowest BCUT2D eigenvalue weighted by Gasteiger charge is -2.39. The number of carbonyl (C=O) groups excluding carboxylic acids is 1. The summed E-state index contributed by atoms with van der Waals surface area (Å²) in [4.78, 5) is 34.9. The number of aryl methyl sites for hydroxylation is 2. The topological polar surface area (TPSA) is 101 Å². The quantitative estimate of drug-likeness (QED) is 0.0782. The predicted molar refractivity (Wildman–Crippen MR) is 223 cm³/mol. The number of piperazine rings is 1. The van der Waals surface area contributed by atoms with Gasteiger partial charge in [0.15, 0.2) is 5.78 Å². The molecule has 1 aliphatic heterocycles. The van der Waals surface area contributed by atoms with Crippen molar-refractivity contribution in [2.24, 2.45) is 18.9 Å². The van der Waals surface area contributed by atoms with Gasteiger partial charge in [0.1, 0.15) is 22.6 Å². The number of Topliss-reactive ketones (excluding diaryl/α,β-unsaturated/α-hetero) is 1. The van der Waals surface area contributed by atoms with Gasteiger partial charge in [-0.25, -0.2) is 4.98 Å². The number of hydrogen-bond donors (Lipinski definition) is 0. The Balaban J connectivity index is 1.27. The van der Waals surface area contributed by atoms with E-state index >= 15 is 0 Å². The fourth-order valence-electron chi connectivity index (χ4n) is 8.11. The van der Waals surface area contributed by atoms with Gasteiger partial charge in [-0.1, -0.05) is 43.7 Å². The van der Waals surface area contributed by atoms with E-state index in [1.54, 1.807) is 38.1 Å². The van der Waals surface area contributed by atoms with Crippen molar-refractivity contribution in [3.8, 4) is 28.7 Å². The number of carbonyl (C=O) groups is 1. The maximum atomic E-state index is 13.1. The summed E-state index contributed by atoms with van der Waals surface area (Å²) >= 11 is 1.42. The number of nitrogens with zero attached hydrogens (tertiary/aromatic N) is 5. The second-order valence-corrected chi connectivity index (χ2v) is 16.1. The number of thiazole rings is 1. The number of ether oxygens (including phenoxy) is 2. The highest BCUT2D eigenvalue weighted by Gasteiger charge is 2.29. The first-order chi connectivity index (χ1) is 26.5. The van der Waals surface area contributed by atoms with E-state index in [4.69, 9.17) is 9.47 Å². The fraction of sp³-hybridized carbons (Fsp3) is 0.467. The smallest absolute Gasteiger partial charge is 0.253 e. The summed E-state index contributed by atoms with van der Waals surface area (Å²) in [6.45, 7) is 16.0. The first kappa shape index (κ1) is 41.6. The molecular weight excluding hydrogens is 707 g/mol. The normalized spacial score (nSPS) is 15.7. The van der Waals surface area contributed by atoms with E-state index in [1.165, 1.54) is 22.5 Å². The molecule has 2 unspecified atom stereocenters. The molecule has 0 amide bonds. The van der Waals surface area contributed by atoms with E-state index in [9.17, 15) is 14.9 Å². The highest BCUT2D eigenvalue weighted by Crippen LogP contribution is 2.38. The molecule has 9 nitrogen and oxygen atoms in total. The zero-order chi connectivity index (χ0) is 39.6. The van der Waals surface area contributed by atoms with Crippen LogP contribution >= 0.6 is 11.3 Å². The van der Waals surface area contributed by atoms with Gasteiger partial charge in [0.05, 0.1) is 25.4 Å². The van der Waals surface area contributed by atoms with Gasteiger partial charge < -0.3 is 18.9 Å². The van der Waals surface area contributed by atoms with Crippen LogP contribution in [-0.4, -0.2) is 72.1 Å². The third-order valence-corrected chi connectivity index (χ3v) is 12.1. The summed E-state index contributed by atoms with van der Waals surface area (Å²) in [5, 5.41) is 12.2. The number of methoxy groups -OCH3 is 2. The molecule has 0 N–H and O–H groups in total. The molecule has 3 heterocycles. The van der Waals surface area contributed by atoms with Crippen LogP contribution in [0.25, 0.3) is 17.2 Å². The van der Waals surface area contributed by atoms with Crippen molar-refractivity contribution in [3.63, 3.8) is 0 Å². The highest BCUT2D eigenvalue weighted by atomic mass is 32.1. The van der Waals surface area contributed by atoms with Crippen molar-refractivity contribution in [3.05, 3.63) is 103 Å². The Morgan fingerprint density at radius 1 is 1.04 bits per heavy atom. The molecule has 0 aliphatic carbocycles. The lowest BCUT2D eigenvalue weighted by molar-refractivity contribution is -0.115. The van der Waals surface area contributed by atoms with Crippen LogP contribution in [0.1, 0.15) is 78.3 Å². The zero-order valence-electron chi connectivity index (χ0n) is 33.9. The lowest BCUT2D eigenvalue weighted by atomic mass is 9.77. The molecule has 3 atom stereocenters. The summed E-state index contributed by atoms with van der Waals surface area (Å²) in [7, 11) is 5.19. The Kier molecular flexibility index (Phi) is 14.6. The van der Waals surface area contributed by atoms with Crippen molar-refractivity contribution in [2.45, 2.75) is 72.8 Å². The second-order valence-electron chi connectivity index (χ2n) is 15.2. The molecule has 1 fully saturated rings. The highest BCUT2D eigenvalue weighted by molar-refractivity contribution is 7.10. The Morgan fingerprint density at radius 2 is 1.73 bits per heavy atom. The van der Waals surface area contributed by atoms with Crippen molar-refractivity contribution < 1.29 is 14.3 Å². The monoisotopic (exact) mass is 763 g/mol. The van der Waals surface area contributed by atoms with Gasteiger partial charge in [-0.05, 0) is 92.7 Å².